The maximum atomic E-state index is 11.7. The summed E-state index contributed by atoms with van der Waals surface area (Å²) in [4.78, 5) is 14.0. The van der Waals surface area contributed by atoms with E-state index in [9.17, 15) is 4.79 Å². The van der Waals surface area contributed by atoms with E-state index in [0.29, 0.717) is 12.0 Å². The van der Waals surface area contributed by atoms with Crippen LogP contribution in [0.4, 0.5) is 0 Å². The molecule has 0 aromatic carbocycles. The number of esters is 1. The molecule has 0 unspecified atom stereocenters. The number of hydrogen-bond acceptors (Lipinski definition) is 3. The zero-order valence-electron chi connectivity index (χ0n) is 11.2. The summed E-state index contributed by atoms with van der Waals surface area (Å²) >= 11 is 0. The van der Waals surface area contributed by atoms with Crippen molar-refractivity contribution in [1.82, 2.24) is 4.90 Å². The lowest BCUT2D eigenvalue weighted by molar-refractivity contribution is -0.155. The highest BCUT2D eigenvalue weighted by atomic mass is 16.5. The lowest BCUT2D eigenvalue weighted by Crippen LogP contribution is -2.40. The predicted molar refractivity (Wildman–Crippen MR) is 65.2 cm³/mol. The minimum Gasteiger partial charge on any atom is -0.469 e. The Hall–Kier alpha value is -0.570. The van der Waals surface area contributed by atoms with Crippen molar-refractivity contribution < 1.29 is 9.53 Å². The summed E-state index contributed by atoms with van der Waals surface area (Å²) in [6.07, 6.45) is 4.64. The highest BCUT2D eigenvalue weighted by Crippen LogP contribution is 2.39. The summed E-state index contributed by atoms with van der Waals surface area (Å²) in [6.45, 7) is 4.03. The van der Waals surface area contributed by atoms with Gasteiger partial charge in [0, 0.05) is 6.04 Å². The molecule has 0 N–H and O–H groups in total. The molecule has 0 bridgehead atoms. The first kappa shape index (κ1) is 13.5. The smallest absolute Gasteiger partial charge is 0.311 e. The zero-order valence-corrected chi connectivity index (χ0v) is 11.2. The maximum Gasteiger partial charge on any atom is 0.311 e. The molecule has 94 valence electrons. The Balaban J connectivity index is 2.56. The SMILES string of the molecule is COC(=O)C(C)(C)[C@H]1CC[C@@H](N(C)C)CC1. The highest BCUT2D eigenvalue weighted by molar-refractivity contribution is 5.76. The number of carbonyl (C=O) groups excluding carboxylic acids is 1. The van der Waals surface area contributed by atoms with Gasteiger partial charge >= 0.3 is 5.97 Å². The monoisotopic (exact) mass is 227 g/mol. The van der Waals surface area contributed by atoms with E-state index in [1.165, 1.54) is 20.0 Å². The number of nitrogens with zero attached hydrogens (tertiary/aromatic N) is 1. The van der Waals surface area contributed by atoms with Crippen molar-refractivity contribution in [2.24, 2.45) is 11.3 Å². The number of rotatable bonds is 3. The largest absolute Gasteiger partial charge is 0.469 e. The van der Waals surface area contributed by atoms with Crippen LogP contribution in [0.15, 0.2) is 0 Å². The first-order valence-electron chi connectivity index (χ1n) is 6.14. The van der Waals surface area contributed by atoms with Gasteiger partial charge in [-0.05, 0) is 59.5 Å². The highest BCUT2D eigenvalue weighted by Gasteiger charge is 2.39. The van der Waals surface area contributed by atoms with E-state index >= 15 is 0 Å². The van der Waals surface area contributed by atoms with E-state index in [0.717, 1.165) is 12.8 Å². The summed E-state index contributed by atoms with van der Waals surface area (Å²) in [6, 6.07) is 0.685. The molecular weight excluding hydrogens is 202 g/mol. The lowest BCUT2D eigenvalue weighted by atomic mass is 9.70. The summed E-state index contributed by atoms with van der Waals surface area (Å²) in [7, 11) is 5.75. The Morgan fingerprint density at radius 3 is 2.06 bits per heavy atom. The number of hydrogen-bond donors (Lipinski definition) is 0. The molecule has 16 heavy (non-hydrogen) atoms. The molecule has 1 saturated carbocycles. The van der Waals surface area contributed by atoms with Gasteiger partial charge in [0.25, 0.3) is 0 Å². The second-order valence-electron chi connectivity index (χ2n) is 5.68. The second-order valence-corrected chi connectivity index (χ2v) is 5.68. The van der Waals surface area contributed by atoms with Crippen LogP contribution >= 0.6 is 0 Å². The molecule has 0 atom stereocenters. The van der Waals surface area contributed by atoms with Crippen LogP contribution in [0, 0.1) is 11.3 Å². The van der Waals surface area contributed by atoms with Gasteiger partial charge in [0.1, 0.15) is 0 Å². The van der Waals surface area contributed by atoms with E-state index in [2.05, 4.69) is 19.0 Å². The van der Waals surface area contributed by atoms with E-state index in [1.54, 1.807) is 0 Å². The quantitative estimate of drug-likeness (QED) is 0.693. The first-order valence-corrected chi connectivity index (χ1v) is 6.14. The molecule has 3 heteroatoms. The van der Waals surface area contributed by atoms with Crippen LogP contribution in [0.5, 0.6) is 0 Å². The third kappa shape index (κ3) is 2.76. The van der Waals surface area contributed by atoms with Crippen LogP contribution < -0.4 is 0 Å². The summed E-state index contributed by atoms with van der Waals surface area (Å²) < 4.78 is 4.89. The fraction of sp³-hybridized carbons (Fsp3) is 0.923. The molecule has 1 fully saturated rings. The minimum atomic E-state index is -0.327. The average molecular weight is 227 g/mol. The van der Waals surface area contributed by atoms with Gasteiger partial charge in [-0.1, -0.05) is 0 Å². The van der Waals surface area contributed by atoms with Gasteiger partial charge < -0.3 is 9.64 Å². The molecule has 0 amide bonds. The van der Waals surface area contributed by atoms with Gasteiger partial charge in [-0.2, -0.15) is 0 Å². The van der Waals surface area contributed by atoms with Crippen molar-refractivity contribution in [2.75, 3.05) is 21.2 Å². The normalized spacial score (nSPS) is 26.9. The zero-order chi connectivity index (χ0) is 12.3. The number of ether oxygens (including phenoxy) is 1. The predicted octanol–water partition coefficient (Wildman–Crippen LogP) is 2.31. The average Bonchev–Trinajstić information content (AvgIpc) is 2.28. The van der Waals surface area contributed by atoms with Gasteiger partial charge in [-0.25, -0.2) is 0 Å². The van der Waals surface area contributed by atoms with Crippen LogP contribution in [0.1, 0.15) is 39.5 Å². The van der Waals surface area contributed by atoms with Gasteiger partial charge in [-0.15, -0.1) is 0 Å². The fourth-order valence-corrected chi connectivity index (χ4v) is 2.74. The topological polar surface area (TPSA) is 29.5 Å². The van der Waals surface area contributed by atoms with Crippen molar-refractivity contribution in [3.05, 3.63) is 0 Å². The Morgan fingerprint density at radius 1 is 1.19 bits per heavy atom. The molecule has 0 radical (unpaired) electrons. The van der Waals surface area contributed by atoms with E-state index in [1.807, 2.05) is 13.8 Å². The molecular formula is C13H25NO2. The van der Waals surface area contributed by atoms with Crippen molar-refractivity contribution in [3.8, 4) is 0 Å². The van der Waals surface area contributed by atoms with E-state index in [-0.39, 0.29) is 11.4 Å². The summed E-state index contributed by atoms with van der Waals surface area (Å²) in [5, 5.41) is 0. The van der Waals surface area contributed by atoms with E-state index < -0.39 is 0 Å². The fourth-order valence-electron chi connectivity index (χ4n) is 2.74. The minimum absolute atomic E-state index is 0.0687. The molecule has 1 aliphatic carbocycles. The molecule has 1 aliphatic rings. The van der Waals surface area contributed by atoms with Crippen LogP contribution in [0.3, 0.4) is 0 Å². The van der Waals surface area contributed by atoms with Crippen LogP contribution in [0.25, 0.3) is 0 Å². The van der Waals surface area contributed by atoms with E-state index in [4.69, 9.17) is 4.74 Å². The van der Waals surface area contributed by atoms with Gasteiger partial charge in [-0.3, -0.25) is 4.79 Å². The third-order valence-electron chi connectivity index (χ3n) is 4.16. The molecule has 0 aromatic heterocycles. The number of carbonyl (C=O) groups is 1. The summed E-state index contributed by atoms with van der Waals surface area (Å²) in [5.74, 6) is 0.400. The molecule has 3 nitrogen and oxygen atoms in total. The molecule has 0 aromatic rings. The van der Waals surface area contributed by atoms with Crippen LogP contribution in [-0.4, -0.2) is 38.1 Å². The Labute approximate surface area is 99.1 Å². The Morgan fingerprint density at radius 2 is 1.69 bits per heavy atom. The van der Waals surface area contributed by atoms with Crippen LogP contribution in [0.2, 0.25) is 0 Å². The maximum absolute atomic E-state index is 11.7. The Bertz CT molecular complexity index is 240. The van der Waals surface area contributed by atoms with Gasteiger partial charge in [0.15, 0.2) is 0 Å². The van der Waals surface area contributed by atoms with Crippen LogP contribution in [-0.2, 0) is 9.53 Å². The molecule has 0 saturated heterocycles. The molecule has 0 aliphatic heterocycles. The van der Waals surface area contributed by atoms with Crippen molar-refractivity contribution in [3.63, 3.8) is 0 Å². The van der Waals surface area contributed by atoms with Gasteiger partial charge in [0.2, 0.25) is 0 Å². The second kappa shape index (κ2) is 5.17. The lowest BCUT2D eigenvalue weighted by Gasteiger charge is -2.39. The summed E-state index contributed by atoms with van der Waals surface area (Å²) in [5.41, 5.74) is -0.327. The molecule has 0 heterocycles. The van der Waals surface area contributed by atoms with Crippen molar-refractivity contribution in [2.45, 2.75) is 45.6 Å². The molecule has 1 rings (SSSR count). The Kier molecular flexibility index (Phi) is 4.36. The third-order valence-corrected chi connectivity index (χ3v) is 4.16. The first-order chi connectivity index (χ1) is 7.39. The number of methoxy groups -OCH3 is 1. The van der Waals surface area contributed by atoms with Crippen molar-refractivity contribution >= 4 is 5.97 Å². The van der Waals surface area contributed by atoms with Crippen molar-refractivity contribution in [1.29, 1.82) is 0 Å². The standard InChI is InChI=1S/C13H25NO2/c1-13(2,12(15)16-5)10-6-8-11(9-7-10)14(3)4/h10-11H,6-9H2,1-5H3/t10-,11+. The van der Waals surface area contributed by atoms with Gasteiger partial charge in [0.05, 0.1) is 12.5 Å². The molecule has 0 spiro atoms.